The summed E-state index contributed by atoms with van der Waals surface area (Å²) in [5, 5.41) is 3.53. The molecule has 10 heavy (non-hydrogen) atoms. The molecule has 0 spiro atoms. The minimum Gasteiger partial charge on any atom is -0.384 e. The van der Waals surface area contributed by atoms with Gasteiger partial charge in [0.2, 0.25) is 0 Å². The first kappa shape index (κ1) is 9.39. The van der Waals surface area contributed by atoms with Crippen molar-refractivity contribution in [2.24, 2.45) is 10.9 Å². The normalized spacial score (nSPS) is 12.0. The molecule has 4 nitrogen and oxygen atoms in total. The van der Waals surface area contributed by atoms with Crippen LogP contribution in [0.1, 0.15) is 6.42 Å². The number of ether oxygens (including phenoxy) is 2. The molecule has 0 aromatic heterocycles. The van der Waals surface area contributed by atoms with Crippen LogP contribution in [0.25, 0.3) is 0 Å². The Morgan fingerprint density at radius 1 is 1.40 bits per heavy atom. The summed E-state index contributed by atoms with van der Waals surface area (Å²) in [5.74, 6) is 5.05. The van der Waals surface area contributed by atoms with Gasteiger partial charge in [0.25, 0.3) is 0 Å². The fourth-order valence-corrected chi connectivity index (χ4v) is 0.560. The van der Waals surface area contributed by atoms with E-state index in [0.29, 0.717) is 13.2 Å². The van der Waals surface area contributed by atoms with Gasteiger partial charge in [-0.1, -0.05) is 0 Å². The second-order valence-corrected chi connectivity index (χ2v) is 1.87. The van der Waals surface area contributed by atoms with Gasteiger partial charge in [0.15, 0.2) is 0 Å². The maximum absolute atomic E-state index is 5.05. The van der Waals surface area contributed by atoms with Gasteiger partial charge in [0.05, 0.1) is 18.9 Å². The molecule has 0 aliphatic rings. The lowest BCUT2D eigenvalue weighted by Crippen LogP contribution is -2.12. The number of hydrazone groups is 1. The Bertz CT molecular complexity index is 104. The minimum atomic E-state index is 0.486. The van der Waals surface area contributed by atoms with Crippen LogP contribution in [0.2, 0.25) is 0 Å². The zero-order chi connectivity index (χ0) is 7.82. The van der Waals surface area contributed by atoms with Crippen LogP contribution in [0.3, 0.4) is 0 Å². The maximum atomic E-state index is 5.05. The lowest BCUT2D eigenvalue weighted by atomic mass is 10.3. The molecule has 0 saturated heterocycles. The second-order valence-electron chi connectivity index (χ2n) is 1.87. The second kappa shape index (κ2) is 6.51. The summed E-state index contributed by atoms with van der Waals surface area (Å²) in [6.07, 6.45) is 0.737. The highest BCUT2D eigenvalue weighted by Gasteiger charge is 1.96. The third kappa shape index (κ3) is 4.29. The minimum absolute atomic E-state index is 0.486. The standard InChI is InChI=1S/C6H14N2O2/c1-9-4-3-6(8-7)5-10-2/h3-5,7H2,1-2H3. The summed E-state index contributed by atoms with van der Waals surface area (Å²) < 4.78 is 9.65. The van der Waals surface area contributed by atoms with Crippen LogP contribution in [0.15, 0.2) is 5.10 Å². The third-order valence-corrected chi connectivity index (χ3v) is 1.09. The summed E-state index contributed by atoms with van der Waals surface area (Å²) in [6, 6.07) is 0. The van der Waals surface area contributed by atoms with Gasteiger partial charge in [-0.25, -0.2) is 0 Å². The van der Waals surface area contributed by atoms with Crippen molar-refractivity contribution in [3.05, 3.63) is 0 Å². The van der Waals surface area contributed by atoms with Crippen molar-refractivity contribution >= 4 is 5.71 Å². The van der Waals surface area contributed by atoms with Gasteiger partial charge < -0.3 is 15.3 Å². The summed E-state index contributed by atoms with van der Waals surface area (Å²) in [6.45, 7) is 1.12. The Morgan fingerprint density at radius 3 is 2.50 bits per heavy atom. The van der Waals surface area contributed by atoms with E-state index in [-0.39, 0.29) is 0 Å². The quantitative estimate of drug-likeness (QED) is 0.337. The van der Waals surface area contributed by atoms with E-state index in [0.717, 1.165) is 12.1 Å². The van der Waals surface area contributed by atoms with Crippen molar-refractivity contribution in [1.29, 1.82) is 0 Å². The monoisotopic (exact) mass is 146 g/mol. The molecular weight excluding hydrogens is 132 g/mol. The number of hydrogen-bond acceptors (Lipinski definition) is 4. The molecule has 0 atom stereocenters. The molecule has 0 aromatic carbocycles. The average Bonchev–Trinajstić information content (AvgIpc) is 1.98. The topological polar surface area (TPSA) is 56.8 Å². The van der Waals surface area contributed by atoms with E-state index < -0.39 is 0 Å². The first-order chi connectivity index (χ1) is 4.85. The number of rotatable bonds is 5. The highest BCUT2D eigenvalue weighted by molar-refractivity contribution is 5.85. The van der Waals surface area contributed by atoms with Gasteiger partial charge in [-0.05, 0) is 0 Å². The molecule has 0 radical (unpaired) electrons. The Morgan fingerprint density at radius 2 is 2.10 bits per heavy atom. The predicted octanol–water partition coefficient (Wildman–Crippen LogP) is -0.0160. The molecule has 2 N–H and O–H groups in total. The fraction of sp³-hybridized carbons (Fsp3) is 0.833. The predicted molar refractivity (Wildman–Crippen MR) is 40.0 cm³/mol. The van der Waals surface area contributed by atoms with Crippen LogP contribution in [0.4, 0.5) is 0 Å². The first-order valence-electron chi connectivity index (χ1n) is 3.08. The molecule has 0 saturated carbocycles. The van der Waals surface area contributed by atoms with Crippen LogP contribution in [0.5, 0.6) is 0 Å². The van der Waals surface area contributed by atoms with Crippen molar-refractivity contribution < 1.29 is 9.47 Å². The Labute approximate surface area is 61.0 Å². The van der Waals surface area contributed by atoms with Crippen LogP contribution in [-0.2, 0) is 9.47 Å². The highest BCUT2D eigenvalue weighted by Crippen LogP contribution is 1.86. The highest BCUT2D eigenvalue weighted by atomic mass is 16.5. The summed E-state index contributed by atoms with van der Waals surface area (Å²) in [7, 11) is 3.25. The lowest BCUT2D eigenvalue weighted by Gasteiger charge is -2.01. The van der Waals surface area contributed by atoms with E-state index in [1.165, 1.54) is 0 Å². The summed E-state index contributed by atoms with van der Waals surface area (Å²) in [5.41, 5.74) is 0.823. The van der Waals surface area contributed by atoms with Gasteiger partial charge in [0, 0.05) is 20.6 Å². The van der Waals surface area contributed by atoms with E-state index in [1.807, 2.05) is 0 Å². The third-order valence-electron chi connectivity index (χ3n) is 1.09. The van der Waals surface area contributed by atoms with Crippen molar-refractivity contribution in [2.45, 2.75) is 6.42 Å². The molecule has 4 heteroatoms. The average molecular weight is 146 g/mol. The molecule has 0 bridgehead atoms. The smallest absolute Gasteiger partial charge is 0.0863 e. The molecule has 0 aliphatic carbocycles. The largest absolute Gasteiger partial charge is 0.384 e. The number of methoxy groups -OCH3 is 2. The summed E-state index contributed by atoms with van der Waals surface area (Å²) >= 11 is 0. The number of hydrogen-bond donors (Lipinski definition) is 1. The Hall–Kier alpha value is -0.610. The Balaban J connectivity index is 3.41. The SMILES string of the molecule is COCCC(COC)=NN. The molecular formula is C6H14N2O2. The number of nitrogens with two attached hydrogens (primary N) is 1. The molecule has 0 fully saturated rings. The van der Waals surface area contributed by atoms with Gasteiger partial charge in [-0.2, -0.15) is 5.10 Å². The lowest BCUT2D eigenvalue weighted by molar-refractivity contribution is 0.201. The van der Waals surface area contributed by atoms with Gasteiger partial charge in [-0.3, -0.25) is 0 Å². The van der Waals surface area contributed by atoms with Crippen LogP contribution in [0, 0.1) is 0 Å². The van der Waals surface area contributed by atoms with Crippen molar-refractivity contribution in [3.8, 4) is 0 Å². The first-order valence-corrected chi connectivity index (χ1v) is 3.08. The zero-order valence-electron chi connectivity index (χ0n) is 6.46. The molecule has 0 amide bonds. The number of nitrogens with zero attached hydrogens (tertiary/aromatic N) is 1. The van der Waals surface area contributed by atoms with Crippen molar-refractivity contribution in [1.82, 2.24) is 0 Å². The van der Waals surface area contributed by atoms with E-state index >= 15 is 0 Å². The molecule has 0 heterocycles. The van der Waals surface area contributed by atoms with Crippen molar-refractivity contribution in [3.63, 3.8) is 0 Å². The van der Waals surface area contributed by atoms with Gasteiger partial charge in [0.1, 0.15) is 0 Å². The molecule has 0 aliphatic heterocycles. The van der Waals surface area contributed by atoms with Gasteiger partial charge >= 0.3 is 0 Å². The van der Waals surface area contributed by atoms with E-state index in [1.54, 1.807) is 14.2 Å². The molecule has 60 valence electrons. The fourth-order valence-electron chi connectivity index (χ4n) is 0.560. The van der Waals surface area contributed by atoms with E-state index in [4.69, 9.17) is 15.3 Å². The van der Waals surface area contributed by atoms with E-state index in [2.05, 4.69) is 5.10 Å². The molecule has 0 rings (SSSR count). The summed E-state index contributed by atoms with van der Waals surface area (Å²) in [4.78, 5) is 0. The zero-order valence-corrected chi connectivity index (χ0v) is 6.46. The molecule has 0 aromatic rings. The van der Waals surface area contributed by atoms with Gasteiger partial charge in [-0.15, -0.1) is 0 Å². The maximum Gasteiger partial charge on any atom is 0.0863 e. The van der Waals surface area contributed by atoms with Crippen LogP contribution >= 0.6 is 0 Å². The molecule has 0 unspecified atom stereocenters. The Kier molecular flexibility index (Phi) is 6.11. The van der Waals surface area contributed by atoms with Crippen LogP contribution < -0.4 is 5.84 Å². The van der Waals surface area contributed by atoms with E-state index in [9.17, 15) is 0 Å². The van der Waals surface area contributed by atoms with Crippen LogP contribution in [-0.4, -0.2) is 33.1 Å². The van der Waals surface area contributed by atoms with Crippen molar-refractivity contribution in [2.75, 3.05) is 27.4 Å².